The number of para-hydroxylation sites is 1. The van der Waals surface area contributed by atoms with E-state index in [0.717, 1.165) is 17.0 Å². The molecule has 2 aromatic rings. The number of amides is 1. The van der Waals surface area contributed by atoms with Gasteiger partial charge in [0.2, 0.25) is 0 Å². The fourth-order valence-electron chi connectivity index (χ4n) is 1.70. The van der Waals surface area contributed by atoms with Crippen molar-refractivity contribution in [2.75, 3.05) is 7.11 Å². The number of carbonyl (C=O) groups is 1. The van der Waals surface area contributed by atoms with Gasteiger partial charge in [0.15, 0.2) is 0 Å². The molecular formula is C13H15N3O2. The van der Waals surface area contributed by atoms with E-state index >= 15 is 0 Å². The van der Waals surface area contributed by atoms with Crippen molar-refractivity contribution in [2.24, 2.45) is 0 Å². The van der Waals surface area contributed by atoms with Gasteiger partial charge in [0.1, 0.15) is 11.4 Å². The Bertz CT molecular complexity index is 549. The van der Waals surface area contributed by atoms with Gasteiger partial charge in [0, 0.05) is 17.8 Å². The molecule has 18 heavy (non-hydrogen) atoms. The summed E-state index contributed by atoms with van der Waals surface area (Å²) in [6.07, 6.45) is 1.51. The first-order valence-electron chi connectivity index (χ1n) is 5.62. The second-order valence-electron chi connectivity index (χ2n) is 3.87. The Labute approximate surface area is 105 Å². The minimum Gasteiger partial charge on any atom is -0.496 e. The van der Waals surface area contributed by atoms with Crippen molar-refractivity contribution in [3.8, 4) is 5.75 Å². The molecule has 2 rings (SSSR count). The Morgan fingerprint density at radius 2 is 2.22 bits per heavy atom. The lowest BCUT2D eigenvalue weighted by Crippen LogP contribution is -2.24. The van der Waals surface area contributed by atoms with Crippen LogP contribution < -0.4 is 10.1 Å². The largest absolute Gasteiger partial charge is 0.496 e. The third kappa shape index (κ3) is 2.51. The van der Waals surface area contributed by atoms with Crippen LogP contribution in [0, 0.1) is 6.92 Å². The number of aromatic amines is 1. The summed E-state index contributed by atoms with van der Waals surface area (Å²) >= 11 is 0. The Hall–Kier alpha value is -2.30. The zero-order valence-electron chi connectivity index (χ0n) is 10.4. The highest BCUT2D eigenvalue weighted by Crippen LogP contribution is 2.16. The van der Waals surface area contributed by atoms with Gasteiger partial charge in [-0.2, -0.15) is 0 Å². The molecule has 2 N–H and O–H groups in total. The number of rotatable bonds is 4. The van der Waals surface area contributed by atoms with Crippen LogP contribution in [0.15, 0.2) is 30.6 Å². The minimum atomic E-state index is -0.195. The Kier molecular flexibility index (Phi) is 3.62. The maximum Gasteiger partial charge on any atom is 0.272 e. The van der Waals surface area contributed by atoms with E-state index in [0.29, 0.717) is 12.2 Å². The van der Waals surface area contributed by atoms with E-state index in [4.69, 9.17) is 4.74 Å². The lowest BCUT2D eigenvalue weighted by atomic mass is 10.2. The number of carbonyl (C=O) groups excluding carboxylic acids is 1. The van der Waals surface area contributed by atoms with Crippen LogP contribution in [0.25, 0.3) is 0 Å². The highest BCUT2D eigenvalue weighted by Gasteiger charge is 2.11. The monoisotopic (exact) mass is 245 g/mol. The molecule has 1 aromatic heterocycles. The summed E-state index contributed by atoms with van der Waals surface area (Å²) in [6, 6.07) is 7.57. The van der Waals surface area contributed by atoms with Gasteiger partial charge >= 0.3 is 0 Å². The van der Waals surface area contributed by atoms with Gasteiger partial charge in [0.25, 0.3) is 5.91 Å². The fourth-order valence-corrected chi connectivity index (χ4v) is 1.70. The van der Waals surface area contributed by atoms with Crippen molar-refractivity contribution >= 4 is 5.91 Å². The summed E-state index contributed by atoms with van der Waals surface area (Å²) in [5, 5.41) is 2.82. The average molecular weight is 245 g/mol. The summed E-state index contributed by atoms with van der Waals surface area (Å²) in [7, 11) is 1.61. The van der Waals surface area contributed by atoms with Gasteiger partial charge < -0.3 is 15.0 Å². The Morgan fingerprint density at radius 3 is 2.89 bits per heavy atom. The molecule has 0 spiro atoms. The SMILES string of the molecule is COc1ccccc1CNC(=O)c1nc[nH]c1C. The second-order valence-corrected chi connectivity index (χ2v) is 3.87. The van der Waals surface area contributed by atoms with Crippen LogP contribution in [-0.2, 0) is 6.54 Å². The topological polar surface area (TPSA) is 67.0 Å². The standard InChI is InChI=1S/C13H15N3O2/c1-9-12(16-8-15-9)13(17)14-7-10-5-3-4-6-11(10)18-2/h3-6,8H,7H2,1-2H3,(H,14,17)(H,15,16). The van der Waals surface area contributed by atoms with E-state index in [2.05, 4.69) is 15.3 Å². The second kappa shape index (κ2) is 5.35. The molecule has 1 heterocycles. The number of nitrogens with zero attached hydrogens (tertiary/aromatic N) is 1. The average Bonchev–Trinajstić information content (AvgIpc) is 2.82. The van der Waals surface area contributed by atoms with Crippen molar-refractivity contribution < 1.29 is 9.53 Å². The highest BCUT2D eigenvalue weighted by molar-refractivity contribution is 5.93. The Balaban J connectivity index is 2.04. The van der Waals surface area contributed by atoms with Gasteiger partial charge in [0.05, 0.1) is 13.4 Å². The zero-order chi connectivity index (χ0) is 13.0. The number of nitrogens with one attached hydrogen (secondary N) is 2. The van der Waals surface area contributed by atoms with E-state index in [1.165, 1.54) is 6.33 Å². The van der Waals surface area contributed by atoms with Crippen LogP contribution in [-0.4, -0.2) is 23.0 Å². The first kappa shape index (κ1) is 12.2. The fraction of sp³-hybridized carbons (Fsp3) is 0.231. The molecule has 1 amide bonds. The summed E-state index contributed by atoms with van der Waals surface area (Å²) in [4.78, 5) is 18.7. The first-order chi connectivity index (χ1) is 8.72. The number of hydrogen-bond acceptors (Lipinski definition) is 3. The lowest BCUT2D eigenvalue weighted by molar-refractivity contribution is 0.0945. The molecular weight excluding hydrogens is 230 g/mol. The van der Waals surface area contributed by atoms with Crippen molar-refractivity contribution in [1.82, 2.24) is 15.3 Å². The molecule has 5 nitrogen and oxygen atoms in total. The predicted molar refractivity (Wildman–Crippen MR) is 67.5 cm³/mol. The van der Waals surface area contributed by atoms with E-state index in [1.54, 1.807) is 7.11 Å². The molecule has 0 unspecified atom stereocenters. The number of methoxy groups -OCH3 is 1. The van der Waals surface area contributed by atoms with Crippen LogP contribution in [0.1, 0.15) is 21.7 Å². The lowest BCUT2D eigenvalue weighted by Gasteiger charge is -2.08. The van der Waals surface area contributed by atoms with Crippen LogP contribution in [0.5, 0.6) is 5.75 Å². The van der Waals surface area contributed by atoms with Gasteiger partial charge in [-0.25, -0.2) is 4.98 Å². The van der Waals surface area contributed by atoms with Crippen LogP contribution in [0.4, 0.5) is 0 Å². The van der Waals surface area contributed by atoms with E-state index < -0.39 is 0 Å². The van der Waals surface area contributed by atoms with Gasteiger partial charge in [-0.3, -0.25) is 4.79 Å². The van der Waals surface area contributed by atoms with Gasteiger partial charge in [-0.05, 0) is 13.0 Å². The molecule has 0 saturated carbocycles. The summed E-state index contributed by atoms with van der Waals surface area (Å²) in [5.41, 5.74) is 2.11. The maximum atomic E-state index is 11.9. The smallest absolute Gasteiger partial charge is 0.272 e. The van der Waals surface area contributed by atoms with Crippen molar-refractivity contribution in [1.29, 1.82) is 0 Å². The third-order valence-electron chi connectivity index (χ3n) is 2.68. The first-order valence-corrected chi connectivity index (χ1v) is 5.62. The van der Waals surface area contributed by atoms with Gasteiger partial charge in [-0.1, -0.05) is 18.2 Å². The summed E-state index contributed by atoms with van der Waals surface area (Å²) in [6.45, 7) is 2.22. The van der Waals surface area contributed by atoms with Crippen LogP contribution in [0.3, 0.4) is 0 Å². The summed E-state index contributed by atoms with van der Waals surface area (Å²) in [5.74, 6) is 0.566. The Morgan fingerprint density at radius 1 is 1.44 bits per heavy atom. The number of imidazole rings is 1. The molecule has 0 radical (unpaired) electrons. The number of hydrogen-bond donors (Lipinski definition) is 2. The van der Waals surface area contributed by atoms with E-state index in [1.807, 2.05) is 31.2 Å². The van der Waals surface area contributed by atoms with Gasteiger partial charge in [-0.15, -0.1) is 0 Å². The predicted octanol–water partition coefficient (Wildman–Crippen LogP) is 1.66. The van der Waals surface area contributed by atoms with Crippen molar-refractivity contribution in [3.63, 3.8) is 0 Å². The molecule has 1 aromatic carbocycles. The van der Waals surface area contributed by atoms with Crippen LogP contribution >= 0.6 is 0 Å². The molecule has 0 saturated heterocycles. The number of benzene rings is 1. The molecule has 0 bridgehead atoms. The normalized spacial score (nSPS) is 10.1. The van der Waals surface area contributed by atoms with E-state index in [-0.39, 0.29) is 5.91 Å². The number of aromatic nitrogens is 2. The van der Waals surface area contributed by atoms with Crippen molar-refractivity contribution in [2.45, 2.75) is 13.5 Å². The maximum absolute atomic E-state index is 11.9. The number of aryl methyl sites for hydroxylation is 1. The zero-order valence-corrected chi connectivity index (χ0v) is 10.4. The van der Waals surface area contributed by atoms with Crippen molar-refractivity contribution in [3.05, 3.63) is 47.5 Å². The van der Waals surface area contributed by atoms with E-state index in [9.17, 15) is 4.79 Å². The summed E-state index contributed by atoms with van der Waals surface area (Å²) < 4.78 is 5.22. The third-order valence-corrected chi connectivity index (χ3v) is 2.68. The van der Waals surface area contributed by atoms with Crippen LogP contribution in [0.2, 0.25) is 0 Å². The molecule has 0 atom stereocenters. The molecule has 5 heteroatoms. The molecule has 94 valence electrons. The molecule has 0 fully saturated rings. The molecule has 0 aliphatic carbocycles. The molecule has 0 aliphatic rings. The molecule has 0 aliphatic heterocycles. The minimum absolute atomic E-state index is 0.195. The quantitative estimate of drug-likeness (QED) is 0.860. The highest BCUT2D eigenvalue weighted by atomic mass is 16.5. The number of H-pyrrole nitrogens is 1. The number of ether oxygens (including phenoxy) is 1.